The fourth-order valence-corrected chi connectivity index (χ4v) is 2.70. The molecule has 6 nitrogen and oxygen atoms in total. The van der Waals surface area contributed by atoms with Gasteiger partial charge in [0.15, 0.2) is 6.29 Å². The van der Waals surface area contributed by atoms with Gasteiger partial charge < -0.3 is 9.47 Å². The van der Waals surface area contributed by atoms with Crippen LogP contribution < -0.4 is 4.74 Å². The third-order valence-corrected chi connectivity index (χ3v) is 3.82. The van der Waals surface area contributed by atoms with Gasteiger partial charge in [0.25, 0.3) is 0 Å². The SMILES string of the molecule is COc1cccc2c(C=O)nn(CCN3CCOCC3)c12. The number of aldehydes is 1. The van der Waals surface area contributed by atoms with E-state index < -0.39 is 0 Å². The van der Waals surface area contributed by atoms with Crippen molar-refractivity contribution < 1.29 is 14.3 Å². The molecule has 0 N–H and O–H groups in total. The van der Waals surface area contributed by atoms with Crippen molar-refractivity contribution in [2.45, 2.75) is 6.54 Å². The fraction of sp³-hybridized carbons (Fsp3) is 0.467. The number of morpholine rings is 1. The lowest BCUT2D eigenvalue weighted by molar-refractivity contribution is 0.0361. The summed E-state index contributed by atoms with van der Waals surface area (Å²) in [6.07, 6.45) is 0.799. The lowest BCUT2D eigenvalue weighted by Gasteiger charge is -2.26. The summed E-state index contributed by atoms with van der Waals surface area (Å²) < 4.78 is 12.6. The largest absolute Gasteiger partial charge is 0.494 e. The Hall–Kier alpha value is -1.92. The van der Waals surface area contributed by atoms with Crippen LogP contribution >= 0.6 is 0 Å². The molecule has 2 heterocycles. The average molecular weight is 289 g/mol. The van der Waals surface area contributed by atoms with Crippen LogP contribution in [0.2, 0.25) is 0 Å². The van der Waals surface area contributed by atoms with Crippen molar-refractivity contribution in [2.75, 3.05) is 40.0 Å². The minimum atomic E-state index is 0.464. The van der Waals surface area contributed by atoms with E-state index in [1.807, 2.05) is 22.9 Å². The number of carbonyl (C=O) groups is 1. The average Bonchev–Trinajstić information content (AvgIpc) is 2.92. The van der Waals surface area contributed by atoms with Gasteiger partial charge >= 0.3 is 0 Å². The van der Waals surface area contributed by atoms with Gasteiger partial charge in [0.05, 0.1) is 26.9 Å². The Morgan fingerprint density at radius 2 is 2.14 bits per heavy atom. The van der Waals surface area contributed by atoms with Crippen LogP contribution in [-0.4, -0.2) is 60.9 Å². The Balaban J connectivity index is 1.88. The van der Waals surface area contributed by atoms with Gasteiger partial charge in [-0.25, -0.2) is 0 Å². The van der Waals surface area contributed by atoms with E-state index in [2.05, 4.69) is 10.00 Å². The van der Waals surface area contributed by atoms with Crippen LogP contribution in [-0.2, 0) is 11.3 Å². The first kappa shape index (κ1) is 14.0. The lowest BCUT2D eigenvalue weighted by Crippen LogP contribution is -2.38. The molecule has 1 aromatic carbocycles. The van der Waals surface area contributed by atoms with Gasteiger partial charge in [-0.05, 0) is 6.07 Å². The number of carbonyl (C=O) groups excluding carboxylic acids is 1. The molecule has 2 aromatic rings. The molecule has 0 spiro atoms. The molecule has 0 bridgehead atoms. The maximum absolute atomic E-state index is 11.2. The van der Waals surface area contributed by atoms with E-state index in [9.17, 15) is 4.79 Å². The van der Waals surface area contributed by atoms with Crippen LogP contribution in [0.5, 0.6) is 5.75 Å². The molecule has 1 aromatic heterocycles. The van der Waals surface area contributed by atoms with E-state index in [1.165, 1.54) is 0 Å². The summed E-state index contributed by atoms with van der Waals surface area (Å²) in [5, 5.41) is 5.25. The quantitative estimate of drug-likeness (QED) is 0.774. The van der Waals surface area contributed by atoms with Gasteiger partial charge in [-0.1, -0.05) is 12.1 Å². The molecule has 1 aliphatic heterocycles. The molecule has 0 radical (unpaired) electrons. The highest BCUT2D eigenvalue weighted by Gasteiger charge is 2.16. The molecule has 21 heavy (non-hydrogen) atoms. The predicted octanol–water partition coefficient (Wildman–Crippen LogP) is 1.19. The van der Waals surface area contributed by atoms with Gasteiger partial charge in [0.2, 0.25) is 0 Å². The van der Waals surface area contributed by atoms with Crippen LogP contribution in [0.4, 0.5) is 0 Å². The molecule has 0 unspecified atom stereocenters. The van der Waals surface area contributed by atoms with Crippen molar-refractivity contribution in [1.29, 1.82) is 0 Å². The van der Waals surface area contributed by atoms with Crippen LogP contribution in [0.3, 0.4) is 0 Å². The standard InChI is InChI=1S/C15H19N3O3/c1-20-14-4-2-3-12-13(11-19)16-18(15(12)14)6-5-17-7-9-21-10-8-17/h2-4,11H,5-10H2,1H3. The van der Waals surface area contributed by atoms with E-state index in [0.29, 0.717) is 5.69 Å². The molecule has 0 saturated carbocycles. The Labute approximate surface area is 123 Å². The number of rotatable bonds is 5. The van der Waals surface area contributed by atoms with Crippen LogP contribution in [0.25, 0.3) is 10.9 Å². The third kappa shape index (κ3) is 2.77. The summed E-state index contributed by atoms with van der Waals surface area (Å²) in [5.74, 6) is 0.745. The highest BCUT2D eigenvalue weighted by Crippen LogP contribution is 2.27. The van der Waals surface area contributed by atoms with E-state index >= 15 is 0 Å². The zero-order valence-electron chi connectivity index (χ0n) is 12.1. The van der Waals surface area contributed by atoms with Crippen molar-refractivity contribution in [1.82, 2.24) is 14.7 Å². The Kier molecular flexibility index (Phi) is 4.17. The number of ether oxygens (including phenoxy) is 2. The normalized spacial score (nSPS) is 16.2. The number of para-hydroxylation sites is 1. The first-order valence-electron chi connectivity index (χ1n) is 7.12. The Bertz CT molecular complexity index is 632. The van der Waals surface area contributed by atoms with Crippen molar-refractivity contribution in [2.24, 2.45) is 0 Å². The highest BCUT2D eigenvalue weighted by molar-refractivity contribution is 5.97. The molecule has 1 aliphatic rings. The molecule has 1 fully saturated rings. The van der Waals surface area contributed by atoms with Gasteiger partial charge in [0, 0.05) is 25.0 Å². The number of fused-ring (bicyclic) bond motifs is 1. The second-order valence-corrected chi connectivity index (χ2v) is 5.04. The number of aromatic nitrogens is 2. The molecule has 0 amide bonds. The zero-order chi connectivity index (χ0) is 14.7. The smallest absolute Gasteiger partial charge is 0.170 e. The van der Waals surface area contributed by atoms with Crippen molar-refractivity contribution in [3.63, 3.8) is 0 Å². The topological polar surface area (TPSA) is 56.6 Å². The number of benzene rings is 1. The Morgan fingerprint density at radius 3 is 2.86 bits per heavy atom. The van der Waals surface area contributed by atoms with E-state index in [4.69, 9.17) is 9.47 Å². The van der Waals surface area contributed by atoms with E-state index in [1.54, 1.807) is 7.11 Å². The Morgan fingerprint density at radius 1 is 1.33 bits per heavy atom. The van der Waals surface area contributed by atoms with Crippen molar-refractivity contribution in [3.05, 3.63) is 23.9 Å². The first-order chi connectivity index (χ1) is 10.3. The molecule has 6 heteroatoms. The number of nitrogens with zero attached hydrogens (tertiary/aromatic N) is 3. The van der Waals surface area contributed by atoms with Crippen LogP contribution in [0, 0.1) is 0 Å². The summed E-state index contributed by atoms with van der Waals surface area (Å²) >= 11 is 0. The van der Waals surface area contributed by atoms with Crippen LogP contribution in [0.1, 0.15) is 10.5 Å². The number of hydrogen-bond acceptors (Lipinski definition) is 5. The molecule has 3 rings (SSSR count). The second kappa shape index (κ2) is 6.24. The molecular formula is C15H19N3O3. The minimum absolute atomic E-state index is 0.464. The summed E-state index contributed by atoms with van der Waals surface area (Å²) in [5.41, 5.74) is 1.35. The van der Waals surface area contributed by atoms with E-state index in [0.717, 1.165) is 62.3 Å². The highest BCUT2D eigenvalue weighted by atomic mass is 16.5. The lowest BCUT2D eigenvalue weighted by atomic mass is 10.2. The first-order valence-corrected chi connectivity index (χ1v) is 7.12. The molecule has 1 saturated heterocycles. The maximum atomic E-state index is 11.2. The van der Waals surface area contributed by atoms with Gasteiger partial charge in [0.1, 0.15) is 17.0 Å². The minimum Gasteiger partial charge on any atom is -0.494 e. The monoisotopic (exact) mass is 289 g/mol. The van der Waals surface area contributed by atoms with E-state index in [-0.39, 0.29) is 0 Å². The maximum Gasteiger partial charge on any atom is 0.170 e. The molecule has 112 valence electrons. The van der Waals surface area contributed by atoms with Crippen molar-refractivity contribution >= 4 is 17.2 Å². The second-order valence-electron chi connectivity index (χ2n) is 5.04. The van der Waals surface area contributed by atoms with Gasteiger partial charge in [-0.15, -0.1) is 0 Å². The summed E-state index contributed by atoms with van der Waals surface area (Å²) in [6.45, 7) is 5.06. The summed E-state index contributed by atoms with van der Waals surface area (Å²) in [7, 11) is 1.63. The van der Waals surface area contributed by atoms with Gasteiger partial charge in [-0.3, -0.25) is 14.4 Å². The summed E-state index contributed by atoms with van der Waals surface area (Å²) in [4.78, 5) is 13.5. The molecule has 0 atom stereocenters. The number of hydrogen-bond donors (Lipinski definition) is 0. The van der Waals surface area contributed by atoms with Gasteiger partial charge in [-0.2, -0.15) is 5.10 Å². The van der Waals surface area contributed by atoms with Crippen molar-refractivity contribution in [3.8, 4) is 5.75 Å². The third-order valence-electron chi connectivity index (χ3n) is 3.82. The number of methoxy groups -OCH3 is 1. The zero-order valence-corrected chi connectivity index (χ0v) is 12.1. The molecule has 0 aliphatic carbocycles. The molecular weight excluding hydrogens is 270 g/mol. The predicted molar refractivity (Wildman–Crippen MR) is 78.9 cm³/mol. The summed E-state index contributed by atoms with van der Waals surface area (Å²) in [6, 6.07) is 5.67. The van der Waals surface area contributed by atoms with Crippen LogP contribution in [0.15, 0.2) is 18.2 Å². The fourth-order valence-electron chi connectivity index (χ4n) is 2.70.